The molecule has 3 amide bonds. The van der Waals surface area contributed by atoms with Crippen LogP contribution in [-0.4, -0.2) is 30.1 Å². The number of aryl methyl sites for hydroxylation is 1. The molecule has 0 heterocycles. The fourth-order valence-electron chi connectivity index (χ4n) is 4.00. The van der Waals surface area contributed by atoms with Crippen LogP contribution in [0.5, 0.6) is 5.75 Å². The monoisotopic (exact) mass is 667 g/mol. The topological polar surface area (TPSA) is 96.5 Å². The van der Waals surface area contributed by atoms with E-state index in [1.165, 1.54) is 24.9 Å². The minimum Gasteiger partial charge on any atom is -0.495 e. The molecular formula is C33H28Cl3N3O4S. The number of hydrogen-bond donors (Lipinski definition) is 3. The second-order valence-corrected chi connectivity index (χ2v) is 12.2. The summed E-state index contributed by atoms with van der Waals surface area (Å²) in [5.41, 5.74) is 2.57. The number of carbonyl (C=O) groups excluding carboxylic acids is 3. The van der Waals surface area contributed by atoms with Gasteiger partial charge in [-0.2, -0.15) is 0 Å². The van der Waals surface area contributed by atoms with E-state index in [1.54, 1.807) is 85.8 Å². The van der Waals surface area contributed by atoms with Crippen molar-refractivity contribution >= 4 is 81.7 Å². The van der Waals surface area contributed by atoms with E-state index in [4.69, 9.17) is 39.5 Å². The molecule has 0 aliphatic heterocycles. The quantitative estimate of drug-likeness (QED) is 0.116. The predicted octanol–water partition coefficient (Wildman–Crippen LogP) is 8.49. The average molecular weight is 669 g/mol. The van der Waals surface area contributed by atoms with Crippen molar-refractivity contribution in [2.24, 2.45) is 0 Å². The molecule has 4 aromatic carbocycles. The van der Waals surface area contributed by atoms with Crippen LogP contribution < -0.4 is 20.7 Å². The van der Waals surface area contributed by atoms with Crippen molar-refractivity contribution in [1.29, 1.82) is 0 Å². The summed E-state index contributed by atoms with van der Waals surface area (Å²) in [5.74, 6) is -0.833. The minimum atomic E-state index is -0.580. The number of hydrogen-bond acceptors (Lipinski definition) is 5. The number of amides is 3. The summed E-state index contributed by atoms with van der Waals surface area (Å²) >= 11 is 20.0. The van der Waals surface area contributed by atoms with Gasteiger partial charge in [0.05, 0.1) is 28.1 Å². The van der Waals surface area contributed by atoms with Crippen molar-refractivity contribution < 1.29 is 19.1 Å². The molecule has 11 heteroatoms. The van der Waals surface area contributed by atoms with Crippen LogP contribution in [0.15, 0.2) is 95.5 Å². The lowest BCUT2D eigenvalue weighted by Gasteiger charge is -2.16. The van der Waals surface area contributed by atoms with E-state index in [1.807, 2.05) is 13.0 Å². The number of halogens is 3. The van der Waals surface area contributed by atoms with Crippen LogP contribution in [0.25, 0.3) is 6.08 Å². The number of rotatable bonds is 10. The minimum absolute atomic E-state index is 0.0407. The van der Waals surface area contributed by atoms with Crippen molar-refractivity contribution in [3.05, 3.63) is 122 Å². The van der Waals surface area contributed by atoms with Crippen LogP contribution in [0, 0.1) is 6.92 Å². The molecule has 0 radical (unpaired) electrons. The normalized spacial score (nSPS) is 11.8. The summed E-state index contributed by atoms with van der Waals surface area (Å²) in [7, 11) is 1.51. The van der Waals surface area contributed by atoms with Gasteiger partial charge in [0, 0.05) is 27.2 Å². The van der Waals surface area contributed by atoms with Gasteiger partial charge < -0.3 is 20.7 Å². The molecule has 7 nitrogen and oxygen atoms in total. The lowest BCUT2D eigenvalue weighted by Crippen LogP contribution is -2.30. The van der Waals surface area contributed by atoms with Crippen LogP contribution in [0.4, 0.5) is 11.4 Å². The first-order valence-corrected chi connectivity index (χ1v) is 15.3. The van der Waals surface area contributed by atoms with Crippen molar-refractivity contribution in [1.82, 2.24) is 5.32 Å². The SMILES string of the molecule is COc1cc(Cl)c(C)cc1NC(=O)C(C)Sc1cccc(NC(=O)/C(=C\c2cccc(Cl)c2Cl)NC(=O)c2ccccc2)c1. The zero-order valence-electron chi connectivity index (χ0n) is 23.9. The van der Waals surface area contributed by atoms with Crippen LogP contribution in [0.1, 0.15) is 28.4 Å². The first-order chi connectivity index (χ1) is 21.0. The number of anilines is 2. The second kappa shape index (κ2) is 15.2. The molecule has 3 N–H and O–H groups in total. The van der Waals surface area contributed by atoms with Crippen LogP contribution in [0.2, 0.25) is 15.1 Å². The van der Waals surface area contributed by atoms with Crippen LogP contribution >= 0.6 is 46.6 Å². The highest BCUT2D eigenvalue weighted by molar-refractivity contribution is 8.00. The fraction of sp³-hybridized carbons (Fsp3) is 0.121. The molecule has 4 aromatic rings. The first kappa shape index (κ1) is 33.0. The number of benzene rings is 4. The standard InChI is InChI=1S/C33H28Cl3N3O4S/c1-19-15-27(29(43-3)18-26(19)35)38-31(40)20(2)44-24-13-8-12-23(17-24)37-33(42)28(16-22-11-7-14-25(34)30(22)36)39-32(41)21-9-5-4-6-10-21/h4-18,20H,1-3H3,(H,37,42)(H,38,40)(H,39,41)/b28-16+. The summed E-state index contributed by atoms with van der Waals surface area (Å²) < 4.78 is 5.36. The maximum Gasteiger partial charge on any atom is 0.272 e. The second-order valence-electron chi connectivity index (χ2n) is 9.55. The third-order valence-corrected chi connectivity index (χ3v) is 8.66. The maximum absolute atomic E-state index is 13.5. The average Bonchev–Trinajstić information content (AvgIpc) is 3.01. The molecule has 0 spiro atoms. The lowest BCUT2D eigenvalue weighted by atomic mass is 10.1. The van der Waals surface area contributed by atoms with Crippen molar-refractivity contribution in [2.75, 3.05) is 17.7 Å². The van der Waals surface area contributed by atoms with Gasteiger partial charge in [-0.1, -0.05) is 71.2 Å². The van der Waals surface area contributed by atoms with E-state index in [0.29, 0.717) is 38.3 Å². The highest BCUT2D eigenvalue weighted by Gasteiger charge is 2.19. The van der Waals surface area contributed by atoms with Crippen LogP contribution in [-0.2, 0) is 9.59 Å². The smallest absolute Gasteiger partial charge is 0.272 e. The molecule has 0 saturated carbocycles. The highest BCUT2D eigenvalue weighted by Crippen LogP contribution is 2.33. The van der Waals surface area contributed by atoms with E-state index in [-0.39, 0.29) is 16.6 Å². The largest absolute Gasteiger partial charge is 0.495 e. The molecule has 0 aliphatic carbocycles. The third-order valence-electron chi connectivity index (χ3n) is 6.32. The Labute approximate surface area is 274 Å². The van der Waals surface area contributed by atoms with Gasteiger partial charge in [-0.05, 0) is 73.5 Å². The van der Waals surface area contributed by atoms with Crippen LogP contribution in [0.3, 0.4) is 0 Å². The predicted molar refractivity (Wildman–Crippen MR) is 180 cm³/mol. The van der Waals surface area contributed by atoms with Crippen molar-refractivity contribution in [3.8, 4) is 5.75 Å². The number of thioether (sulfide) groups is 1. The Kier molecular flexibility index (Phi) is 11.4. The van der Waals surface area contributed by atoms with Gasteiger partial charge in [0.25, 0.3) is 11.8 Å². The summed E-state index contributed by atoms with van der Waals surface area (Å²) in [4.78, 5) is 40.2. The maximum atomic E-state index is 13.5. The van der Waals surface area contributed by atoms with Gasteiger partial charge in [-0.25, -0.2) is 0 Å². The highest BCUT2D eigenvalue weighted by atomic mass is 35.5. The summed E-state index contributed by atoms with van der Waals surface area (Å²) in [6, 6.07) is 24.0. The molecule has 1 unspecified atom stereocenters. The number of carbonyl (C=O) groups is 3. The first-order valence-electron chi connectivity index (χ1n) is 13.3. The Morgan fingerprint density at radius 2 is 1.59 bits per heavy atom. The molecule has 1 atom stereocenters. The van der Waals surface area contributed by atoms with Crippen molar-refractivity contribution in [3.63, 3.8) is 0 Å². The van der Waals surface area contributed by atoms with E-state index in [0.717, 1.165) is 10.5 Å². The van der Waals surface area contributed by atoms with E-state index in [9.17, 15) is 14.4 Å². The molecule has 0 aliphatic rings. The van der Waals surface area contributed by atoms with Gasteiger partial charge in [-0.15, -0.1) is 11.8 Å². The Morgan fingerprint density at radius 3 is 2.32 bits per heavy atom. The van der Waals surface area contributed by atoms with Crippen molar-refractivity contribution in [2.45, 2.75) is 24.0 Å². The number of nitrogens with one attached hydrogen (secondary N) is 3. The van der Waals surface area contributed by atoms with Gasteiger partial charge in [0.15, 0.2) is 0 Å². The molecule has 0 fully saturated rings. The number of methoxy groups -OCH3 is 1. The zero-order valence-corrected chi connectivity index (χ0v) is 27.0. The Balaban J connectivity index is 1.51. The Morgan fingerprint density at radius 1 is 0.864 bits per heavy atom. The molecular weight excluding hydrogens is 641 g/mol. The van der Waals surface area contributed by atoms with E-state index < -0.39 is 17.1 Å². The molecule has 226 valence electrons. The Hall–Kier alpha value is -3.95. The molecule has 0 saturated heterocycles. The molecule has 4 rings (SSSR count). The molecule has 44 heavy (non-hydrogen) atoms. The Bertz CT molecular complexity index is 1730. The van der Waals surface area contributed by atoms with Gasteiger partial charge in [0.1, 0.15) is 11.4 Å². The summed E-state index contributed by atoms with van der Waals surface area (Å²) in [6.45, 7) is 3.61. The van der Waals surface area contributed by atoms with Gasteiger partial charge >= 0.3 is 0 Å². The van der Waals surface area contributed by atoms with Gasteiger partial charge in [0.2, 0.25) is 5.91 Å². The number of ether oxygens (including phenoxy) is 1. The molecule has 0 bridgehead atoms. The lowest BCUT2D eigenvalue weighted by molar-refractivity contribution is -0.115. The van der Waals surface area contributed by atoms with E-state index >= 15 is 0 Å². The fourth-order valence-corrected chi connectivity index (χ4v) is 5.44. The zero-order chi connectivity index (χ0) is 31.8. The molecule has 0 aromatic heterocycles. The van der Waals surface area contributed by atoms with E-state index in [2.05, 4.69) is 16.0 Å². The van der Waals surface area contributed by atoms with Gasteiger partial charge in [-0.3, -0.25) is 14.4 Å². The third kappa shape index (κ3) is 8.57. The summed E-state index contributed by atoms with van der Waals surface area (Å²) in [5, 5.41) is 8.99. The summed E-state index contributed by atoms with van der Waals surface area (Å²) in [6.07, 6.45) is 1.46.